The fraction of sp³-hybridized carbons (Fsp3) is 0.304. The second kappa shape index (κ2) is 18.4. The van der Waals surface area contributed by atoms with Crippen molar-refractivity contribution in [2.75, 3.05) is 27.3 Å². The van der Waals surface area contributed by atoms with E-state index in [1.165, 1.54) is 25.3 Å². The number of carbonyl (C=O) groups excluding carboxylic acids is 3. The normalized spacial score (nSPS) is 17.6. The Kier molecular flexibility index (Phi) is 12.3. The maximum Gasteiger partial charge on any atom is 0.407 e. The quantitative estimate of drug-likeness (QED) is 0.0440. The Morgan fingerprint density at radius 1 is 0.800 bits per heavy atom. The maximum atomic E-state index is 13.9. The number of benzene rings is 4. The van der Waals surface area contributed by atoms with Gasteiger partial charge >= 0.3 is 6.09 Å². The van der Waals surface area contributed by atoms with Crippen molar-refractivity contribution in [3.8, 4) is 11.3 Å². The fourth-order valence-electron chi connectivity index (χ4n) is 8.30. The van der Waals surface area contributed by atoms with Crippen molar-refractivity contribution in [2.45, 2.75) is 62.7 Å². The van der Waals surface area contributed by atoms with Crippen LogP contribution >= 0.6 is 0 Å². The molecular formula is C46H48N8O6. The van der Waals surface area contributed by atoms with Crippen molar-refractivity contribution in [1.29, 1.82) is 0 Å². The highest BCUT2D eigenvalue weighted by atomic mass is 17.2. The van der Waals surface area contributed by atoms with Gasteiger partial charge in [-0.25, -0.2) is 19.8 Å². The number of alkyl carbamates (subject to hydrolysis) is 1. The molecule has 0 unspecified atom stereocenters. The van der Waals surface area contributed by atoms with E-state index in [0.717, 1.165) is 84.4 Å². The van der Waals surface area contributed by atoms with E-state index in [1.807, 2.05) is 82.7 Å². The van der Waals surface area contributed by atoms with Crippen LogP contribution in [0.25, 0.3) is 22.3 Å². The van der Waals surface area contributed by atoms with Gasteiger partial charge in [0, 0.05) is 13.1 Å². The number of fused-ring (bicyclic) bond motifs is 1. The molecule has 0 bridgehead atoms. The van der Waals surface area contributed by atoms with E-state index in [0.29, 0.717) is 18.7 Å². The second-order valence-electron chi connectivity index (χ2n) is 15.0. The molecule has 2 saturated heterocycles. The number of aliphatic imine (C=N–C) groups is 1. The number of rotatable bonds is 14. The summed E-state index contributed by atoms with van der Waals surface area (Å²) >= 11 is 0. The molecule has 0 aliphatic carbocycles. The van der Waals surface area contributed by atoms with Crippen LogP contribution in [0.1, 0.15) is 83.8 Å². The Bertz CT molecular complexity index is 2430. The molecule has 0 radical (unpaired) electrons. The number of nitrogens with zero attached hydrogens (tertiary/aromatic N) is 5. The van der Waals surface area contributed by atoms with E-state index in [-0.39, 0.29) is 23.9 Å². The van der Waals surface area contributed by atoms with Gasteiger partial charge in [-0.1, -0.05) is 91.0 Å². The summed E-state index contributed by atoms with van der Waals surface area (Å²) < 4.78 is 4.84. The van der Waals surface area contributed by atoms with Crippen molar-refractivity contribution in [1.82, 2.24) is 35.1 Å². The van der Waals surface area contributed by atoms with Gasteiger partial charge in [-0.15, -0.1) is 0 Å². The lowest BCUT2D eigenvalue weighted by Gasteiger charge is -2.28. The summed E-state index contributed by atoms with van der Waals surface area (Å²) in [5.74, 6) is 1.17. The van der Waals surface area contributed by atoms with Crippen LogP contribution in [0.4, 0.5) is 4.79 Å². The molecule has 3 N–H and O–H groups in total. The van der Waals surface area contributed by atoms with Crippen molar-refractivity contribution in [3.05, 3.63) is 143 Å². The Hall–Kier alpha value is -6.80. The van der Waals surface area contributed by atoms with Crippen LogP contribution in [0.2, 0.25) is 0 Å². The summed E-state index contributed by atoms with van der Waals surface area (Å²) in [6.07, 6.45) is 7.28. The van der Waals surface area contributed by atoms with Crippen LogP contribution in [0.3, 0.4) is 0 Å². The largest absolute Gasteiger partial charge is 0.453 e. The van der Waals surface area contributed by atoms with Gasteiger partial charge in [0.1, 0.15) is 17.7 Å². The summed E-state index contributed by atoms with van der Waals surface area (Å²) in [6.45, 7) is 1.18. The number of H-pyrrole nitrogens is 2. The minimum Gasteiger partial charge on any atom is -0.453 e. The zero-order valence-electron chi connectivity index (χ0n) is 33.6. The highest BCUT2D eigenvalue weighted by Crippen LogP contribution is 2.36. The maximum absolute atomic E-state index is 13.9. The van der Waals surface area contributed by atoms with Gasteiger partial charge in [0.05, 0.1) is 49.2 Å². The van der Waals surface area contributed by atoms with Gasteiger partial charge in [-0.05, 0) is 78.5 Å². The number of ether oxygens (including phenoxy) is 1. The third kappa shape index (κ3) is 8.78. The van der Waals surface area contributed by atoms with E-state index >= 15 is 0 Å². The van der Waals surface area contributed by atoms with Gasteiger partial charge in [0.2, 0.25) is 6.40 Å². The van der Waals surface area contributed by atoms with Crippen molar-refractivity contribution < 1.29 is 28.9 Å². The zero-order chi connectivity index (χ0) is 41.4. The molecule has 2 fully saturated rings. The van der Waals surface area contributed by atoms with Gasteiger partial charge in [0.25, 0.3) is 11.8 Å². The summed E-state index contributed by atoms with van der Waals surface area (Å²) in [7, 11) is 2.67. The Morgan fingerprint density at radius 2 is 1.45 bits per heavy atom. The van der Waals surface area contributed by atoms with E-state index in [4.69, 9.17) is 19.6 Å². The first-order chi connectivity index (χ1) is 29.4. The van der Waals surface area contributed by atoms with Crippen LogP contribution < -0.4 is 5.32 Å². The molecule has 6 aromatic rings. The van der Waals surface area contributed by atoms with Crippen molar-refractivity contribution in [2.24, 2.45) is 4.99 Å². The van der Waals surface area contributed by atoms with E-state index in [1.54, 1.807) is 0 Å². The average molecular weight is 809 g/mol. The molecule has 60 heavy (non-hydrogen) atoms. The number of likely N-dealkylation sites (tertiary alicyclic amines) is 2. The molecule has 0 spiro atoms. The summed E-state index contributed by atoms with van der Waals surface area (Å²) in [6, 6.07) is 31.3. The molecule has 308 valence electrons. The number of nitrogens with one attached hydrogen (secondary N) is 3. The number of aromatic amines is 2. The van der Waals surface area contributed by atoms with E-state index < -0.39 is 18.2 Å². The molecule has 14 heteroatoms. The first-order valence-corrected chi connectivity index (χ1v) is 20.3. The SMILES string of the molecule is COOC=N[C@@H](C(=O)N1CCC[C@H]1c1ncc(-c2ccc(CCc3ccc4nc([C@@H]5CCCN5C(=O)[C@H](NC(=O)OC)c5ccccc5)[nH]c4c3)cc2)[nH]1)c1ccccc1. The van der Waals surface area contributed by atoms with Gasteiger partial charge in [-0.3, -0.25) is 9.59 Å². The molecule has 8 rings (SSSR count). The highest BCUT2D eigenvalue weighted by Gasteiger charge is 2.38. The van der Waals surface area contributed by atoms with Gasteiger partial charge in [0.15, 0.2) is 6.04 Å². The van der Waals surface area contributed by atoms with Crippen molar-refractivity contribution in [3.63, 3.8) is 0 Å². The molecular weight excluding hydrogens is 761 g/mol. The fourth-order valence-corrected chi connectivity index (χ4v) is 8.30. The molecule has 3 amide bonds. The molecule has 2 aromatic heterocycles. The minimum atomic E-state index is -0.871. The van der Waals surface area contributed by atoms with Crippen LogP contribution in [-0.2, 0) is 36.9 Å². The number of aryl methyl sites for hydroxylation is 2. The van der Waals surface area contributed by atoms with Crippen LogP contribution in [0.15, 0.2) is 114 Å². The number of hydrogen-bond acceptors (Lipinski definition) is 9. The average Bonchev–Trinajstić information content (AvgIpc) is 4.13. The molecule has 4 aromatic carbocycles. The van der Waals surface area contributed by atoms with Crippen LogP contribution in [0.5, 0.6) is 0 Å². The molecule has 14 nitrogen and oxygen atoms in total. The topological polar surface area (TPSA) is 167 Å². The lowest BCUT2D eigenvalue weighted by Crippen LogP contribution is -2.42. The first-order valence-electron chi connectivity index (χ1n) is 20.3. The van der Waals surface area contributed by atoms with Crippen LogP contribution in [-0.4, -0.2) is 81.4 Å². The Morgan fingerprint density at radius 3 is 2.15 bits per heavy atom. The molecule has 4 heterocycles. The number of carbonyl (C=O) groups is 3. The van der Waals surface area contributed by atoms with Gasteiger partial charge in [-0.2, -0.15) is 4.89 Å². The second-order valence-corrected chi connectivity index (χ2v) is 15.0. The Balaban J connectivity index is 0.904. The molecule has 0 saturated carbocycles. The smallest absolute Gasteiger partial charge is 0.407 e. The van der Waals surface area contributed by atoms with Crippen LogP contribution in [0, 0.1) is 0 Å². The van der Waals surface area contributed by atoms with E-state index in [9.17, 15) is 14.4 Å². The third-order valence-electron chi connectivity index (χ3n) is 11.4. The minimum absolute atomic E-state index is 0.120. The summed E-state index contributed by atoms with van der Waals surface area (Å²) in [5, 5.41) is 2.73. The number of amides is 3. The number of methoxy groups -OCH3 is 1. The van der Waals surface area contributed by atoms with E-state index in [2.05, 4.69) is 61.6 Å². The molecule has 2 aliphatic rings. The molecule has 4 atom stereocenters. The zero-order valence-corrected chi connectivity index (χ0v) is 33.6. The number of aromatic nitrogens is 4. The summed E-state index contributed by atoms with van der Waals surface area (Å²) in [4.78, 5) is 74.3. The lowest BCUT2D eigenvalue weighted by atomic mass is 10.0. The monoisotopic (exact) mass is 808 g/mol. The highest BCUT2D eigenvalue weighted by molar-refractivity contribution is 5.88. The number of imidazole rings is 2. The van der Waals surface area contributed by atoms with Gasteiger partial charge < -0.3 is 34.7 Å². The third-order valence-corrected chi connectivity index (χ3v) is 11.4. The standard InChI is InChI=1S/C46H48N8O6/c1-58-46(57)52-41(34-13-7-4-8-14-34)45(56)54-26-10-16-39(54)43-49-35-24-21-31(27-36(35)50-43)18-17-30-19-22-32(23-20-30)37-28-47-42(51-37)38-15-9-25-53(38)44(55)40(48-29-60-59-2)33-11-5-3-6-12-33/h3-8,11-14,19-24,27-29,38-41H,9-10,15-18,25-26H2,1-2H3,(H,47,51)(H,49,50)(H,52,57)/t38-,39-,40+,41+/m0/s1. The molecule has 2 aliphatic heterocycles. The number of hydrogen-bond donors (Lipinski definition) is 3. The lowest BCUT2D eigenvalue weighted by molar-refractivity contribution is -0.188. The predicted molar refractivity (Wildman–Crippen MR) is 225 cm³/mol. The summed E-state index contributed by atoms with van der Waals surface area (Å²) in [5.41, 5.74) is 7.50. The first kappa shape index (κ1) is 40.0. The predicted octanol–water partition coefficient (Wildman–Crippen LogP) is 7.51. The Labute approximate surface area is 347 Å². The van der Waals surface area contributed by atoms with Crippen molar-refractivity contribution >= 4 is 35.3 Å².